The van der Waals surface area contributed by atoms with Crippen LogP contribution in [0.5, 0.6) is 0 Å². The maximum Gasteiger partial charge on any atom is 0.251 e. The Bertz CT molecular complexity index is 713. The number of aliphatic hydroxyl groups is 2. The lowest BCUT2D eigenvalue weighted by Crippen LogP contribution is -2.30. The summed E-state index contributed by atoms with van der Waals surface area (Å²) >= 11 is 0. The predicted molar refractivity (Wildman–Crippen MR) is 98.3 cm³/mol. The Morgan fingerprint density at radius 2 is 2.00 bits per heavy atom. The third kappa shape index (κ3) is 6.08. The molecule has 1 aromatic heterocycles. The summed E-state index contributed by atoms with van der Waals surface area (Å²) in [6.45, 7) is 2.95. The standard InChI is InChI=1S/C19H27N3O3/c1-3-4-5-16-10-18(25)21-19(20-16)15-8-6-14(7-9-15)11-22(2)12-17(24)13-23/h6-10,17,23-24H,3-5,11-13H2,1-2H3,(H,20,21,25). The fraction of sp³-hybridized carbons (Fsp3) is 0.474. The van der Waals surface area contributed by atoms with Crippen molar-refractivity contribution in [3.05, 3.63) is 51.9 Å². The molecule has 0 bridgehead atoms. The second-order valence-electron chi connectivity index (χ2n) is 6.42. The number of aromatic nitrogens is 2. The number of unbranched alkanes of at least 4 members (excludes halogenated alkanes) is 1. The van der Waals surface area contributed by atoms with Crippen molar-refractivity contribution < 1.29 is 10.2 Å². The zero-order valence-corrected chi connectivity index (χ0v) is 14.9. The molecule has 0 aliphatic heterocycles. The highest BCUT2D eigenvalue weighted by atomic mass is 16.3. The van der Waals surface area contributed by atoms with Crippen LogP contribution in [0, 0.1) is 0 Å². The Balaban J connectivity index is 2.09. The molecule has 0 fully saturated rings. The Morgan fingerprint density at radius 3 is 2.64 bits per heavy atom. The predicted octanol–water partition coefficient (Wildman–Crippen LogP) is 1.56. The first-order chi connectivity index (χ1) is 12.0. The van der Waals surface area contributed by atoms with Gasteiger partial charge in [-0.25, -0.2) is 4.98 Å². The monoisotopic (exact) mass is 345 g/mol. The molecule has 1 heterocycles. The number of H-pyrrole nitrogens is 1. The molecule has 0 spiro atoms. The highest BCUT2D eigenvalue weighted by molar-refractivity contribution is 5.55. The van der Waals surface area contributed by atoms with E-state index in [4.69, 9.17) is 5.11 Å². The highest BCUT2D eigenvalue weighted by Gasteiger charge is 2.08. The Labute approximate surface area is 148 Å². The van der Waals surface area contributed by atoms with E-state index in [0.717, 1.165) is 36.1 Å². The van der Waals surface area contributed by atoms with E-state index in [1.165, 1.54) is 0 Å². The smallest absolute Gasteiger partial charge is 0.251 e. The summed E-state index contributed by atoms with van der Waals surface area (Å²) in [5.41, 5.74) is 2.65. The zero-order valence-electron chi connectivity index (χ0n) is 14.9. The zero-order chi connectivity index (χ0) is 18.2. The number of aryl methyl sites for hydroxylation is 1. The average molecular weight is 345 g/mol. The first-order valence-corrected chi connectivity index (χ1v) is 8.68. The Hall–Kier alpha value is -2.02. The minimum absolute atomic E-state index is 0.127. The summed E-state index contributed by atoms with van der Waals surface area (Å²) in [6, 6.07) is 9.40. The van der Waals surface area contributed by atoms with Crippen LogP contribution in [0.25, 0.3) is 11.4 Å². The highest BCUT2D eigenvalue weighted by Crippen LogP contribution is 2.16. The van der Waals surface area contributed by atoms with Crippen molar-refractivity contribution in [1.29, 1.82) is 0 Å². The van der Waals surface area contributed by atoms with Gasteiger partial charge in [0.2, 0.25) is 0 Å². The van der Waals surface area contributed by atoms with Crippen LogP contribution in [-0.2, 0) is 13.0 Å². The summed E-state index contributed by atoms with van der Waals surface area (Å²) in [7, 11) is 1.89. The van der Waals surface area contributed by atoms with Gasteiger partial charge in [0.05, 0.1) is 12.7 Å². The van der Waals surface area contributed by atoms with E-state index in [-0.39, 0.29) is 12.2 Å². The summed E-state index contributed by atoms with van der Waals surface area (Å²) in [4.78, 5) is 21.1. The van der Waals surface area contributed by atoms with Gasteiger partial charge < -0.3 is 15.2 Å². The fourth-order valence-electron chi connectivity index (χ4n) is 2.69. The van der Waals surface area contributed by atoms with Crippen LogP contribution in [-0.4, -0.2) is 51.4 Å². The van der Waals surface area contributed by atoms with Crippen LogP contribution in [0.4, 0.5) is 0 Å². The summed E-state index contributed by atoms with van der Waals surface area (Å²) in [5, 5.41) is 18.4. The van der Waals surface area contributed by atoms with Crippen LogP contribution in [0.3, 0.4) is 0 Å². The van der Waals surface area contributed by atoms with Gasteiger partial charge in [-0.1, -0.05) is 37.6 Å². The molecule has 1 unspecified atom stereocenters. The summed E-state index contributed by atoms with van der Waals surface area (Å²) < 4.78 is 0. The second-order valence-corrected chi connectivity index (χ2v) is 6.42. The van der Waals surface area contributed by atoms with Gasteiger partial charge in [0.1, 0.15) is 5.82 Å². The SMILES string of the molecule is CCCCc1cc(=O)[nH]c(-c2ccc(CN(C)CC(O)CO)cc2)n1. The number of aromatic amines is 1. The van der Waals surface area contributed by atoms with E-state index >= 15 is 0 Å². The van der Waals surface area contributed by atoms with Crippen LogP contribution in [0.15, 0.2) is 35.1 Å². The van der Waals surface area contributed by atoms with Crippen molar-refractivity contribution in [3.63, 3.8) is 0 Å². The van der Waals surface area contributed by atoms with Crippen LogP contribution < -0.4 is 5.56 Å². The van der Waals surface area contributed by atoms with E-state index in [9.17, 15) is 9.90 Å². The van der Waals surface area contributed by atoms with Gasteiger partial charge in [0.25, 0.3) is 5.56 Å². The van der Waals surface area contributed by atoms with E-state index < -0.39 is 6.10 Å². The van der Waals surface area contributed by atoms with Crippen molar-refractivity contribution in [3.8, 4) is 11.4 Å². The van der Waals surface area contributed by atoms with Crippen molar-refractivity contribution in [1.82, 2.24) is 14.9 Å². The summed E-state index contributed by atoms with van der Waals surface area (Å²) in [6.07, 6.45) is 2.16. The molecule has 0 saturated heterocycles. The molecule has 1 aromatic carbocycles. The van der Waals surface area contributed by atoms with Gasteiger partial charge in [0.15, 0.2) is 0 Å². The van der Waals surface area contributed by atoms with Crippen LogP contribution >= 0.6 is 0 Å². The molecule has 0 radical (unpaired) electrons. The number of rotatable bonds is 9. The molecule has 3 N–H and O–H groups in total. The second kappa shape index (κ2) is 9.46. The fourth-order valence-corrected chi connectivity index (χ4v) is 2.69. The maximum absolute atomic E-state index is 11.8. The van der Waals surface area contributed by atoms with Crippen LogP contribution in [0.2, 0.25) is 0 Å². The quantitative estimate of drug-likeness (QED) is 0.642. The van der Waals surface area contributed by atoms with Crippen molar-refractivity contribution in [2.24, 2.45) is 0 Å². The van der Waals surface area contributed by atoms with Gasteiger partial charge in [0, 0.05) is 30.4 Å². The minimum Gasteiger partial charge on any atom is -0.394 e. The average Bonchev–Trinajstić information content (AvgIpc) is 2.60. The number of hydrogen-bond donors (Lipinski definition) is 3. The van der Waals surface area contributed by atoms with Gasteiger partial charge in [-0.05, 0) is 25.5 Å². The number of nitrogens with one attached hydrogen (secondary N) is 1. The molecule has 0 aliphatic rings. The van der Waals surface area contributed by atoms with E-state index in [1.54, 1.807) is 6.07 Å². The first kappa shape index (κ1) is 19.3. The van der Waals surface area contributed by atoms with E-state index in [1.807, 2.05) is 36.2 Å². The number of likely N-dealkylation sites (N-methyl/N-ethyl adjacent to an activating group) is 1. The molecule has 1 atom stereocenters. The van der Waals surface area contributed by atoms with Crippen molar-refractivity contribution >= 4 is 0 Å². The van der Waals surface area contributed by atoms with Gasteiger partial charge in [-0.15, -0.1) is 0 Å². The molecule has 136 valence electrons. The minimum atomic E-state index is -0.732. The molecule has 2 rings (SSSR count). The van der Waals surface area contributed by atoms with Crippen molar-refractivity contribution in [2.75, 3.05) is 20.2 Å². The number of aliphatic hydroxyl groups excluding tert-OH is 2. The van der Waals surface area contributed by atoms with Crippen LogP contribution in [0.1, 0.15) is 31.0 Å². The molecular weight excluding hydrogens is 318 g/mol. The molecule has 0 aliphatic carbocycles. The lowest BCUT2D eigenvalue weighted by molar-refractivity contribution is 0.0648. The van der Waals surface area contributed by atoms with Gasteiger partial charge in [-0.3, -0.25) is 9.69 Å². The van der Waals surface area contributed by atoms with E-state index in [0.29, 0.717) is 18.9 Å². The van der Waals surface area contributed by atoms with E-state index in [2.05, 4.69) is 16.9 Å². The Morgan fingerprint density at radius 1 is 1.28 bits per heavy atom. The maximum atomic E-state index is 11.8. The first-order valence-electron chi connectivity index (χ1n) is 8.68. The molecule has 2 aromatic rings. The van der Waals surface area contributed by atoms with Crippen molar-refractivity contribution in [2.45, 2.75) is 38.8 Å². The third-order valence-corrected chi connectivity index (χ3v) is 3.99. The Kier molecular flexibility index (Phi) is 7.31. The third-order valence-electron chi connectivity index (χ3n) is 3.99. The number of nitrogens with zero attached hydrogens (tertiary/aromatic N) is 2. The molecule has 0 saturated carbocycles. The molecule has 6 heteroatoms. The number of hydrogen-bond acceptors (Lipinski definition) is 5. The van der Waals surface area contributed by atoms with Gasteiger partial charge >= 0.3 is 0 Å². The lowest BCUT2D eigenvalue weighted by atomic mass is 10.1. The molecule has 6 nitrogen and oxygen atoms in total. The molecule has 0 amide bonds. The normalized spacial score (nSPS) is 12.5. The van der Waals surface area contributed by atoms with Gasteiger partial charge in [-0.2, -0.15) is 0 Å². The number of benzene rings is 1. The molecule has 25 heavy (non-hydrogen) atoms. The molecular formula is C19H27N3O3. The lowest BCUT2D eigenvalue weighted by Gasteiger charge is -2.19. The summed E-state index contributed by atoms with van der Waals surface area (Å²) in [5.74, 6) is 0.592. The topological polar surface area (TPSA) is 89.5 Å². The largest absolute Gasteiger partial charge is 0.394 e.